The molecule has 0 radical (unpaired) electrons. The van der Waals surface area contributed by atoms with Gasteiger partial charge in [-0.3, -0.25) is 4.79 Å². The summed E-state index contributed by atoms with van der Waals surface area (Å²) in [6.45, 7) is 5.50. The first kappa shape index (κ1) is 13.6. The second-order valence-corrected chi connectivity index (χ2v) is 6.27. The molecule has 1 amide bonds. The molecule has 0 spiro atoms. The highest BCUT2D eigenvalue weighted by atomic mass is 16.5. The number of ether oxygens (including phenoxy) is 1. The zero-order valence-corrected chi connectivity index (χ0v) is 12.1. The van der Waals surface area contributed by atoms with Crippen LogP contribution < -0.4 is 5.32 Å². The molecule has 1 aliphatic heterocycles. The van der Waals surface area contributed by atoms with E-state index in [2.05, 4.69) is 10.5 Å². The topological polar surface area (TPSA) is 64.4 Å². The van der Waals surface area contributed by atoms with Crippen molar-refractivity contribution < 1.29 is 14.1 Å². The normalized spacial score (nSPS) is 21.9. The van der Waals surface area contributed by atoms with Crippen molar-refractivity contribution in [3.8, 4) is 0 Å². The van der Waals surface area contributed by atoms with Gasteiger partial charge in [-0.15, -0.1) is 0 Å². The molecule has 5 nitrogen and oxygen atoms in total. The SMILES string of the molecule is CC(C)c1cc(C(=O)NC2(C3CC3)CCOCC2)no1. The molecule has 1 aliphatic carbocycles. The predicted octanol–water partition coefficient (Wildman–Crippen LogP) is 2.49. The molecule has 0 aromatic carbocycles. The fraction of sp³-hybridized carbons (Fsp3) is 0.733. The molecule has 110 valence electrons. The van der Waals surface area contributed by atoms with Crippen LogP contribution in [0, 0.1) is 5.92 Å². The molecule has 20 heavy (non-hydrogen) atoms. The Hall–Kier alpha value is -1.36. The van der Waals surface area contributed by atoms with Crippen LogP contribution in [0.2, 0.25) is 0 Å². The third-order valence-corrected chi connectivity index (χ3v) is 4.44. The number of nitrogens with zero attached hydrogens (tertiary/aromatic N) is 1. The molecule has 1 aromatic heterocycles. The molecular weight excluding hydrogens is 256 g/mol. The van der Waals surface area contributed by atoms with Gasteiger partial charge in [-0.2, -0.15) is 0 Å². The zero-order valence-electron chi connectivity index (χ0n) is 12.1. The summed E-state index contributed by atoms with van der Waals surface area (Å²) < 4.78 is 10.6. The highest BCUT2D eigenvalue weighted by Gasteiger charge is 2.47. The van der Waals surface area contributed by atoms with Gasteiger partial charge in [0.2, 0.25) is 0 Å². The fourth-order valence-corrected chi connectivity index (χ4v) is 2.97. The first-order valence-electron chi connectivity index (χ1n) is 7.47. The number of hydrogen-bond acceptors (Lipinski definition) is 4. The van der Waals surface area contributed by atoms with E-state index in [1.54, 1.807) is 6.07 Å². The van der Waals surface area contributed by atoms with E-state index in [9.17, 15) is 4.79 Å². The lowest BCUT2D eigenvalue weighted by Gasteiger charge is -2.38. The largest absolute Gasteiger partial charge is 0.381 e. The van der Waals surface area contributed by atoms with Crippen molar-refractivity contribution >= 4 is 5.91 Å². The maximum atomic E-state index is 12.4. The van der Waals surface area contributed by atoms with E-state index in [1.165, 1.54) is 12.8 Å². The minimum atomic E-state index is -0.116. The van der Waals surface area contributed by atoms with Crippen molar-refractivity contribution in [3.63, 3.8) is 0 Å². The van der Waals surface area contributed by atoms with Crippen molar-refractivity contribution in [2.75, 3.05) is 13.2 Å². The molecule has 2 aliphatic rings. The van der Waals surface area contributed by atoms with Crippen molar-refractivity contribution in [2.24, 2.45) is 5.92 Å². The van der Waals surface area contributed by atoms with Gasteiger partial charge in [0.15, 0.2) is 5.69 Å². The van der Waals surface area contributed by atoms with Gasteiger partial charge in [-0.25, -0.2) is 0 Å². The molecule has 0 unspecified atom stereocenters. The van der Waals surface area contributed by atoms with Crippen molar-refractivity contribution in [1.29, 1.82) is 0 Å². The van der Waals surface area contributed by atoms with E-state index in [-0.39, 0.29) is 17.4 Å². The van der Waals surface area contributed by atoms with Gasteiger partial charge in [0.05, 0.1) is 0 Å². The Morgan fingerprint density at radius 3 is 2.65 bits per heavy atom. The molecule has 2 heterocycles. The smallest absolute Gasteiger partial charge is 0.273 e. The van der Waals surface area contributed by atoms with Crippen LogP contribution in [0.4, 0.5) is 0 Å². The van der Waals surface area contributed by atoms with Crippen LogP contribution >= 0.6 is 0 Å². The van der Waals surface area contributed by atoms with Gasteiger partial charge in [0.1, 0.15) is 5.76 Å². The fourth-order valence-electron chi connectivity index (χ4n) is 2.97. The van der Waals surface area contributed by atoms with Gasteiger partial charge in [-0.1, -0.05) is 19.0 Å². The highest BCUT2D eigenvalue weighted by Crippen LogP contribution is 2.45. The van der Waals surface area contributed by atoms with Crippen LogP contribution in [-0.2, 0) is 4.74 Å². The number of nitrogens with one attached hydrogen (secondary N) is 1. The summed E-state index contributed by atoms with van der Waals surface area (Å²) in [7, 11) is 0. The van der Waals surface area contributed by atoms with E-state index in [1.807, 2.05) is 13.8 Å². The zero-order chi connectivity index (χ0) is 14.2. The first-order chi connectivity index (χ1) is 9.61. The van der Waals surface area contributed by atoms with Crippen LogP contribution in [0.5, 0.6) is 0 Å². The van der Waals surface area contributed by atoms with E-state index in [0.29, 0.717) is 11.6 Å². The first-order valence-corrected chi connectivity index (χ1v) is 7.47. The predicted molar refractivity (Wildman–Crippen MR) is 73.6 cm³/mol. The Morgan fingerprint density at radius 1 is 1.40 bits per heavy atom. The van der Waals surface area contributed by atoms with Gasteiger partial charge >= 0.3 is 0 Å². The van der Waals surface area contributed by atoms with Gasteiger partial charge in [0, 0.05) is 30.7 Å². The minimum absolute atomic E-state index is 0.0910. The van der Waals surface area contributed by atoms with E-state index >= 15 is 0 Å². The summed E-state index contributed by atoms with van der Waals surface area (Å²) in [5.41, 5.74) is 0.298. The molecule has 1 aromatic rings. The lowest BCUT2D eigenvalue weighted by atomic mass is 9.84. The van der Waals surface area contributed by atoms with Crippen molar-refractivity contribution in [1.82, 2.24) is 10.5 Å². The summed E-state index contributed by atoms with van der Waals surface area (Å²) in [5.74, 6) is 1.48. The summed E-state index contributed by atoms with van der Waals surface area (Å²) in [5, 5.41) is 7.12. The van der Waals surface area contributed by atoms with Crippen LogP contribution in [0.3, 0.4) is 0 Å². The Balaban J connectivity index is 1.72. The molecular formula is C15H22N2O3. The van der Waals surface area contributed by atoms with E-state index in [0.717, 1.165) is 31.8 Å². The van der Waals surface area contributed by atoms with Crippen LogP contribution in [0.25, 0.3) is 0 Å². The van der Waals surface area contributed by atoms with E-state index in [4.69, 9.17) is 9.26 Å². The summed E-state index contributed by atoms with van der Waals surface area (Å²) in [4.78, 5) is 12.4. The average Bonchev–Trinajstić information content (AvgIpc) is 3.17. The number of aromatic nitrogens is 1. The second kappa shape index (κ2) is 5.20. The summed E-state index contributed by atoms with van der Waals surface area (Å²) in [6.07, 6.45) is 4.21. The maximum Gasteiger partial charge on any atom is 0.273 e. The number of carbonyl (C=O) groups excluding carboxylic acids is 1. The second-order valence-electron chi connectivity index (χ2n) is 6.27. The highest BCUT2D eigenvalue weighted by molar-refractivity contribution is 5.92. The third-order valence-electron chi connectivity index (χ3n) is 4.44. The molecule has 1 N–H and O–H groups in total. The summed E-state index contributed by atoms with van der Waals surface area (Å²) >= 11 is 0. The van der Waals surface area contributed by atoms with Crippen LogP contribution in [0.15, 0.2) is 10.6 Å². The molecule has 3 rings (SSSR count). The Kier molecular flexibility index (Phi) is 3.54. The number of hydrogen-bond donors (Lipinski definition) is 1. The standard InChI is InChI=1S/C15H22N2O3/c1-10(2)13-9-12(17-20-13)14(18)16-15(11-3-4-11)5-7-19-8-6-15/h9-11H,3-8H2,1-2H3,(H,16,18). The molecule has 1 saturated carbocycles. The Morgan fingerprint density at radius 2 is 2.10 bits per heavy atom. The number of carbonyl (C=O) groups is 1. The lowest BCUT2D eigenvalue weighted by Crippen LogP contribution is -2.53. The number of rotatable bonds is 4. The molecule has 1 saturated heterocycles. The average molecular weight is 278 g/mol. The Bertz CT molecular complexity index is 485. The van der Waals surface area contributed by atoms with Gasteiger partial charge in [-0.05, 0) is 31.6 Å². The van der Waals surface area contributed by atoms with Crippen LogP contribution in [-0.4, -0.2) is 29.8 Å². The Labute approximate surface area is 119 Å². The van der Waals surface area contributed by atoms with Gasteiger partial charge < -0.3 is 14.6 Å². The maximum absolute atomic E-state index is 12.4. The van der Waals surface area contributed by atoms with Crippen molar-refractivity contribution in [2.45, 2.75) is 51.0 Å². The third kappa shape index (κ3) is 2.59. The minimum Gasteiger partial charge on any atom is -0.381 e. The molecule has 0 atom stereocenters. The molecule has 2 fully saturated rings. The quantitative estimate of drug-likeness (QED) is 0.919. The number of amides is 1. The monoisotopic (exact) mass is 278 g/mol. The van der Waals surface area contributed by atoms with Crippen LogP contribution in [0.1, 0.15) is 61.7 Å². The van der Waals surface area contributed by atoms with E-state index < -0.39 is 0 Å². The summed E-state index contributed by atoms with van der Waals surface area (Å²) in [6, 6.07) is 1.75. The lowest BCUT2D eigenvalue weighted by molar-refractivity contribution is 0.0274. The van der Waals surface area contributed by atoms with Gasteiger partial charge in [0.25, 0.3) is 5.91 Å². The van der Waals surface area contributed by atoms with Crippen molar-refractivity contribution in [3.05, 3.63) is 17.5 Å². The molecule has 5 heteroatoms. The molecule has 0 bridgehead atoms.